The third-order valence-corrected chi connectivity index (χ3v) is 6.75. The van der Waals surface area contributed by atoms with Crippen LogP contribution in [0.4, 0.5) is 5.69 Å². The molecule has 3 aromatic rings. The van der Waals surface area contributed by atoms with Gasteiger partial charge in [-0.15, -0.1) is 0 Å². The van der Waals surface area contributed by atoms with Crippen molar-refractivity contribution in [2.75, 3.05) is 25.5 Å². The highest BCUT2D eigenvalue weighted by atomic mass is 16.5. The highest BCUT2D eigenvalue weighted by Gasteiger charge is 2.35. The Bertz CT molecular complexity index is 1400. The maximum Gasteiger partial charge on any atom is 0.212 e. The predicted octanol–water partition coefficient (Wildman–Crippen LogP) is 5.78. The predicted molar refractivity (Wildman–Crippen MR) is 144 cm³/mol. The Hall–Kier alpha value is -4.45. The van der Waals surface area contributed by atoms with Crippen LogP contribution in [0, 0.1) is 0 Å². The molecule has 0 bridgehead atoms. The van der Waals surface area contributed by atoms with Crippen LogP contribution >= 0.6 is 0 Å². The van der Waals surface area contributed by atoms with E-state index in [4.69, 9.17) is 4.74 Å². The van der Waals surface area contributed by atoms with Gasteiger partial charge >= 0.3 is 0 Å². The van der Waals surface area contributed by atoms with Gasteiger partial charge < -0.3 is 15.0 Å². The molecular weight excluding hydrogens is 464 g/mol. The molecule has 37 heavy (non-hydrogen) atoms. The van der Waals surface area contributed by atoms with Crippen molar-refractivity contribution in [1.29, 1.82) is 0 Å². The zero-order valence-corrected chi connectivity index (χ0v) is 20.7. The summed E-state index contributed by atoms with van der Waals surface area (Å²) in [5, 5.41) is 3.21. The van der Waals surface area contributed by atoms with Crippen molar-refractivity contribution in [1.82, 2.24) is 4.90 Å². The summed E-state index contributed by atoms with van der Waals surface area (Å²) < 4.78 is 5.16. The number of benzene rings is 3. The highest BCUT2D eigenvalue weighted by molar-refractivity contribution is 6.27. The average Bonchev–Trinajstić information content (AvgIpc) is 2.95. The monoisotopic (exact) mass is 492 g/mol. The molecule has 6 nitrogen and oxygen atoms in total. The van der Waals surface area contributed by atoms with E-state index in [1.54, 1.807) is 61.7 Å². The fourth-order valence-corrected chi connectivity index (χ4v) is 4.74. The number of rotatable bonds is 7. The Balaban J connectivity index is 1.38. The van der Waals surface area contributed by atoms with Crippen LogP contribution in [0.2, 0.25) is 0 Å². The Labute approximate surface area is 216 Å². The summed E-state index contributed by atoms with van der Waals surface area (Å²) in [6.07, 6.45) is 6.38. The Morgan fingerprint density at radius 3 is 2.14 bits per heavy atom. The molecule has 0 saturated carbocycles. The van der Waals surface area contributed by atoms with E-state index in [9.17, 15) is 14.4 Å². The summed E-state index contributed by atoms with van der Waals surface area (Å²) in [5.74, 6) is 0.300. The minimum atomic E-state index is -0.196. The molecule has 2 aliphatic rings. The first-order chi connectivity index (χ1) is 18.0. The highest BCUT2D eigenvalue weighted by Crippen LogP contribution is 2.31. The minimum Gasteiger partial charge on any atom is -0.497 e. The van der Waals surface area contributed by atoms with Gasteiger partial charge in [0.25, 0.3) is 0 Å². The van der Waals surface area contributed by atoms with E-state index < -0.39 is 0 Å². The maximum absolute atomic E-state index is 13.5. The minimum absolute atomic E-state index is 0.130. The van der Waals surface area contributed by atoms with Crippen molar-refractivity contribution in [2.24, 2.45) is 0 Å². The van der Waals surface area contributed by atoms with E-state index in [-0.39, 0.29) is 17.3 Å². The molecule has 0 unspecified atom stereocenters. The van der Waals surface area contributed by atoms with Crippen molar-refractivity contribution < 1.29 is 19.1 Å². The number of anilines is 1. The summed E-state index contributed by atoms with van der Waals surface area (Å²) in [7, 11) is 1.61. The van der Waals surface area contributed by atoms with Crippen LogP contribution in [0.15, 0.2) is 90.3 Å². The van der Waals surface area contributed by atoms with Crippen LogP contribution in [0.3, 0.4) is 0 Å². The van der Waals surface area contributed by atoms with Gasteiger partial charge in [0.2, 0.25) is 11.6 Å². The summed E-state index contributed by atoms with van der Waals surface area (Å²) >= 11 is 0. The molecule has 1 N–H and O–H groups in total. The van der Waals surface area contributed by atoms with E-state index in [1.807, 2.05) is 29.2 Å². The number of ketones is 3. The first-order valence-electron chi connectivity index (χ1n) is 12.5. The number of carbonyl (C=O) groups is 3. The lowest BCUT2D eigenvalue weighted by Gasteiger charge is -2.34. The normalized spacial score (nSPS) is 15.6. The van der Waals surface area contributed by atoms with Gasteiger partial charge in [-0.25, -0.2) is 0 Å². The van der Waals surface area contributed by atoms with E-state index >= 15 is 0 Å². The molecule has 1 aliphatic heterocycles. The largest absolute Gasteiger partial charge is 0.497 e. The molecule has 1 fully saturated rings. The lowest BCUT2D eigenvalue weighted by molar-refractivity contribution is 0.0935. The topological polar surface area (TPSA) is 75.7 Å². The van der Waals surface area contributed by atoms with Gasteiger partial charge in [0.05, 0.1) is 7.11 Å². The molecule has 0 atom stereocenters. The van der Waals surface area contributed by atoms with Crippen LogP contribution in [0.5, 0.6) is 5.75 Å². The molecular formula is C31H28N2O4. The number of nitrogens with zero attached hydrogens (tertiary/aromatic N) is 1. The Morgan fingerprint density at radius 2 is 1.49 bits per heavy atom. The zero-order valence-electron chi connectivity index (χ0n) is 20.7. The summed E-state index contributed by atoms with van der Waals surface area (Å²) in [6, 6.07) is 21.4. The molecule has 1 saturated heterocycles. The Morgan fingerprint density at radius 1 is 0.838 bits per heavy atom. The molecule has 0 radical (unpaired) electrons. The molecule has 3 aromatic carbocycles. The lowest BCUT2D eigenvalue weighted by Crippen LogP contribution is -2.39. The van der Waals surface area contributed by atoms with Crippen molar-refractivity contribution in [3.63, 3.8) is 0 Å². The van der Waals surface area contributed by atoms with Gasteiger partial charge in [0, 0.05) is 35.5 Å². The molecule has 186 valence electrons. The first-order valence-corrected chi connectivity index (χ1v) is 12.5. The SMILES string of the molecule is COc1ccc(/C=C/C(=O)c2ccc(NC3=C(N4CCCCC4)C(=O)c4ccccc4C3=O)cc2)cc1. The second kappa shape index (κ2) is 10.7. The van der Waals surface area contributed by atoms with E-state index in [0.29, 0.717) is 33.8 Å². The summed E-state index contributed by atoms with van der Waals surface area (Å²) in [5.41, 5.74) is 3.65. The quantitative estimate of drug-likeness (QED) is 0.333. The number of hydrogen-bond acceptors (Lipinski definition) is 6. The van der Waals surface area contributed by atoms with Crippen LogP contribution in [0.1, 0.15) is 55.9 Å². The number of allylic oxidation sites excluding steroid dienone is 3. The Kier molecular flexibility index (Phi) is 6.99. The number of fused-ring (bicyclic) bond motifs is 1. The van der Waals surface area contributed by atoms with Gasteiger partial charge in [0.15, 0.2) is 5.78 Å². The van der Waals surface area contributed by atoms with Crippen LogP contribution in [0.25, 0.3) is 6.08 Å². The van der Waals surface area contributed by atoms with Gasteiger partial charge in [-0.1, -0.05) is 42.5 Å². The number of nitrogens with one attached hydrogen (secondary N) is 1. The van der Waals surface area contributed by atoms with Gasteiger partial charge in [0.1, 0.15) is 17.1 Å². The average molecular weight is 493 g/mol. The van der Waals surface area contributed by atoms with Gasteiger partial charge in [-0.3, -0.25) is 14.4 Å². The molecule has 0 aromatic heterocycles. The third-order valence-electron chi connectivity index (χ3n) is 6.75. The van der Waals surface area contributed by atoms with Gasteiger partial charge in [-0.05, 0) is 67.3 Å². The molecule has 0 amide bonds. The van der Waals surface area contributed by atoms with E-state index in [0.717, 1.165) is 43.7 Å². The van der Waals surface area contributed by atoms with Crippen molar-refractivity contribution in [3.8, 4) is 5.75 Å². The molecule has 1 aliphatic carbocycles. The molecule has 0 spiro atoms. The number of Topliss-reactive ketones (excluding diaryl/α,β-unsaturated/α-hetero) is 2. The number of methoxy groups -OCH3 is 1. The van der Waals surface area contributed by atoms with E-state index in [2.05, 4.69) is 5.32 Å². The lowest BCUT2D eigenvalue weighted by atomic mass is 9.89. The smallest absolute Gasteiger partial charge is 0.212 e. The van der Waals surface area contributed by atoms with Crippen LogP contribution in [-0.2, 0) is 0 Å². The number of carbonyl (C=O) groups excluding carboxylic acids is 3. The van der Waals surface area contributed by atoms with Gasteiger partial charge in [-0.2, -0.15) is 0 Å². The number of likely N-dealkylation sites (tertiary alicyclic amines) is 1. The second-order valence-corrected chi connectivity index (χ2v) is 9.15. The summed E-state index contributed by atoms with van der Waals surface area (Å²) in [4.78, 5) is 41.7. The zero-order chi connectivity index (χ0) is 25.8. The number of ether oxygens (including phenoxy) is 1. The molecule has 5 rings (SSSR count). The maximum atomic E-state index is 13.5. The molecule has 1 heterocycles. The van der Waals surface area contributed by atoms with Crippen molar-refractivity contribution >= 4 is 29.1 Å². The fraction of sp³-hybridized carbons (Fsp3) is 0.194. The fourth-order valence-electron chi connectivity index (χ4n) is 4.74. The second-order valence-electron chi connectivity index (χ2n) is 9.15. The van der Waals surface area contributed by atoms with Crippen molar-refractivity contribution in [3.05, 3.63) is 113 Å². The number of piperidine rings is 1. The standard InChI is InChI=1S/C31H28N2O4/c1-37-24-16-9-21(10-17-24)11-18-27(34)22-12-14-23(15-13-22)32-28-29(33-19-5-2-6-20-33)31(36)26-8-4-3-7-25(26)30(28)35/h3-4,7-18,32H,2,5-6,19-20H2,1H3/b18-11+. The third kappa shape index (κ3) is 5.09. The van der Waals surface area contributed by atoms with Crippen molar-refractivity contribution in [2.45, 2.75) is 19.3 Å². The van der Waals surface area contributed by atoms with Crippen LogP contribution < -0.4 is 10.1 Å². The first kappa shape index (κ1) is 24.3. The molecule has 6 heteroatoms. The number of hydrogen-bond donors (Lipinski definition) is 1. The van der Waals surface area contributed by atoms with Crippen LogP contribution in [-0.4, -0.2) is 42.4 Å². The van der Waals surface area contributed by atoms with E-state index in [1.165, 1.54) is 6.08 Å². The summed E-state index contributed by atoms with van der Waals surface area (Å²) in [6.45, 7) is 1.49.